The van der Waals surface area contributed by atoms with Gasteiger partial charge in [0.2, 0.25) is 0 Å². The number of rotatable bonds is 1. The molecule has 2 heteroatoms. The Morgan fingerprint density at radius 2 is 1.83 bits per heavy atom. The van der Waals surface area contributed by atoms with Gasteiger partial charge in [0.15, 0.2) is 0 Å². The van der Waals surface area contributed by atoms with Gasteiger partial charge in [0.25, 0.3) is 0 Å². The van der Waals surface area contributed by atoms with Crippen LogP contribution in [0.1, 0.15) is 32.1 Å². The molecule has 0 bridgehead atoms. The lowest BCUT2D eigenvalue weighted by Gasteiger charge is -2.35. The molecular weight excluding hydrogens is 148 g/mol. The van der Waals surface area contributed by atoms with Gasteiger partial charge in [-0.05, 0) is 38.8 Å². The van der Waals surface area contributed by atoms with Crippen LogP contribution in [-0.2, 0) is 0 Å². The van der Waals surface area contributed by atoms with Crippen molar-refractivity contribution in [1.82, 2.24) is 4.90 Å². The Bertz CT molecular complexity index is 108. The lowest BCUT2D eigenvalue weighted by Crippen LogP contribution is -2.89. The van der Waals surface area contributed by atoms with Gasteiger partial charge in [0.1, 0.15) is 0 Å². The number of piperidine rings is 2. The van der Waals surface area contributed by atoms with Crippen LogP contribution in [0.15, 0.2) is 0 Å². The summed E-state index contributed by atoms with van der Waals surface area (Å²) < 4.78 is 0. The van der Waals surface area contributed by atoms with E-state index in [0.717, 1.165) is 6.04 Å². The van der Waals surface area contributed by atoms with E-state index < -0.39 is 0 Å². The molecule has 0 amide bonds. The van der Waals surface area contributed by atoms with Crippen LogP contribution in [0, 0.1) is 0 Å². The molecule has 0 aromatic carbocycles. The van der Waals surface area contributed by atoms with E-state index in [-0.39, 0.29) is 0 Å². The largest absolute Gasteiger partial charge is 0.345 e. The van der Waals surface area contributed by atoms with Crippen molar-refractivity contribution >= 4 is 0 Å². The van der Waals surface area contributed by atoms with Gasteiger partial charge in [-0.25, -0.2) is 0 Å². The van der Waals surface area contributed by atoms with Crippen molar-refractivity contribution in [2.24, 2.45) is 0 Å². The van der Waals surface area contributed by atoms with Gasteiger partial charge in [0.05, 0.1) is 19.1 Å². The summed E-state index contributed by atoms with van der Waals surface area (Å²) in [5.41, 5.74) is 0. The van der Waals surface area contributed by atoms with Crippen molar-refractivity contribution in [3.63, 3.8) is 0 Å². The molecular formula is C10H21N2+. The van der Waals surface area contributed by atoms with E-state index in [1.54, 1.807) is 0 Å². The van der Waals surface area contributed by atoms with E-state index in [1.165, 1.54) is 58.3 Å². The normalized spacial score (nSPS) is 33.5. The van der Waals surface area contributed by atoms with E-state index in [2.05, 4.69) is 10.2 Å². The Hall–Kier alpha value is -0.0800. The molecule has 2 rings (SSSR count). The number of hydrogen-bond acceptors (Lipinski definition) is 1. The van der Waals surface area contributed by atoms with Gasteiger partial charge in [-0.3, -0.25) is 4.90 Å². The van der Waals surface area contributed by atoms with Crippen LogP contribution in [0.25, 0.3) is 0 Å². The molecule has 1 atom stereocenters. The molecule has 0 aromatic heterocycles. The summed E-state index contributed by atoms with van der Waals surface area (Å²) in [5, 5.41) is 2.49. The lowest BCUT2D eigenvalue weighted by atomic mass is 10.0. The molecule has 0 saturated carbocycles. The van der Waals surface area contributed by atoms with Gasteiger partial charge in [0, 0.05) is 0 Å². The Labute approximate surface area is 75.3 Å². The third kappa shape index (κ3) is 1.99. The average Bonchev–Trinajstić information content (AvgIpc) is 2.21. The third-order valence-electron chi connectivity index (χ3n) is 3.29. The van der Waals surface area contributed by atoms with Crippen LogP contribution >= 0.6 is 0 Å². The van der Waals surface area contributed by atoms with Crippen LogP contribution in [0.3, 0.4) is 0 Å². The first-order chi connectivity index (χ1) is 5.97. The highest BCUT2D eigenvalue weighted by Crippen LogP contribution is 2.15. The predicted molar refractivity (Wildman–Crippen MR) is 50.1 cm³/mol. The van der Waals surface area contributed by atoms with E-state index in [4.69, 9.17) is 0 Å². The Balaban J connectivity index is 1.80. The van der Waals surface area contributed by atoms with E-state index >= 15 is 0 Å². The molecule has 12 heavy (non-hydrogen) atoms. The molecule has 0 aromatic rings. The number of likely N-dealkylation sites (tertiary alicyclic amines) is 1. The van der Waals surface area contributed by atoms with Crippen LogP contribution < -0.4 is 5.32 Å². The van der Waals surface area contributed by atoms with Crippen molar-refractivity contribution in [3.8, 4) is 0 Å². The quantitative estimate of drug-likeness (QED) is 0.594. The summed E-state index contributed by atoms with van der Waals surface area (Å²) in [7, 11) is 0. The third-order valence-corrected chi connectivity index (χ3v) is 3.29. The zero-order chi connectivity index (χ0) is 8.23. The zero-order valence-corrected chi connectivity index (χ0v) is 7.97. The molecule has 2 heterocycles. The van der Waals surface area contributed by atoms with Gasteiger partial charge in [-0.1, -0.05) is 6.42 Å². The minimum Gasteiger partial charge on any atom is -0.345 e. The second kappa shape index (κ2) is 4.24. The van der Waals surface area contributed by atoms with Crippen molar-refractivity contribution in [2.45, 2.75) is 38.1 Å². The van der Waals surface area contributed by atoms with Crippen LogP contribution in [-0.4, -0.2) is 37.1 Å². The molecule has 0 unspecified atom stereocenters. The topological polar surface area (TPSA) is 19.9 Å². The fourth-order valence-corrected chi connectivity index (χ4v) is 2.54. The van der Waals surface area contributed by atoms with Crippen LogP contribution in [0.5, 0.6) is 0 Å². The summed E-state index contributed by atoms with van der Waals surface area (Å²) in [4.78, 5) is 2.72. The summed E-state index contributed by atoms with van der Waals surface area (Å²) in [5.74, 6) is 0. The lowest BCUT2D eigenvalue weighted by molar-refractivity contribution is -0.667. The highest BCUT2D eigenvalue weighted by molar-refractivity contribution is 4.75. The highest BCUT2D eigenvalue weighted by Gasteiger charge is 2.23. The molecule has 2 fully saturated rings. The number of quaternary nitrogens is 1. The maximum absolute atomic E-state index is 2.72. The highest BCUT2D eigenvalue weighted by atomic mass is 15.2. The molecule has 2 nitrogen and oxygen atoms in total. The minimum absolute atomic E-state index is 0.916. The monoisotopic (exact) mass is 169 g/mol. The zero-order valence-electron chi connectivity index (χ0n) is 7.97. The number of nitrogens with two attached hydrogens (primary N) is 1. The maximum Gasteiger partial charge on any atom is 0.0913 e. The second-order valence-corrected chi connectivity index (χ2v) is 4.21. The van der Waals surface area contributed by atoms with Crippen molar-refractivity contribution in [1.29, 1.82) is 0 Å². The molecule has 2 saturated heterocycles. The van der Waals surface area contributed by atoms with Gasteiger partial charge in [-0.15, -0.1) is 0 Å². The smallest absolute Gasteiger partial charge is 0.0913 e. The van der Waals surface area contributed by atoms with E-state index in [1.807, 2.05) is 0 Å². The first-order valence-electron chi connectivity index (χ1n) is 5.52. The fourth-order valence-electron chi connectivity index (χ4n) is 2.54. The van der Waals surface area contributed by atoms with Crippen LogP contribution in [0.4, 0.5) is 0 Å². The van der Waals surface area contributed by atoms with Gasteiger partial charge in [-0.2, -0.15) is 0 Å². The molecule has 2 aliphatic heterocycles. The van der Waals surface area contributed by atoms with E-state index in [0.29, 0.717) is 0 Å². The Morgan fingerprint density at radius 1 is 1.00 bits per heavy atom. The Kier molecular flexibility index (Phi) is 3.01. The van der Waals surface area contributed by atoms with Crippen molar-refractivity contribution in [2.75, 3.05) is 26.2 Å². The minimum atomic E-state index is 0.916. The summed E-state index contributed by atoms with van der Waals surface area (Å²) >= 11 is 0. The summed E-state index contributed by atoms with van der Waals surface area (Å²) in [6, 6.07) is 0.916. The molecule has 0 spiro atoms. The number of hydrogen-bond donors (Lipinski definition) is 1. The molecule has 0 radical (unpaired) electrons. The SMILES string of the molecule is C1CCN([C@H]2CCC[NH2+]C2)CC1. The summed E-state index contributed by atoms with van der Waals surface area (Å²) in [6.07, 6.45) is 7.23. The molecule has 2 N–H and O–H groups in total. The number of nitrogens with zero attached hydrogens (tertiary/aromatic N) is 1. The fraction of sp³-hybridized carbons (Fsp3) is 1.00. The Morgan fingerprint density at radius 3 is 2.50 bits per heavy atom. The van der Waals surface area contributed by atoms with Gasteiger partial charge < -0.3 is 5.32 Å². The molecule has 70 valence electrons. The van der Waals surface area contributed by atoms with Gasteiger partial charge >= 0.3 is 0 Å². The standard InChI is InChI=1S/C10H20N2/c1-2-7-12(8-3-1)10-5-4-6-11-9-10/h10-11H,1-9H2/p+1/t10-/m0/s1. The van der Waals surface area contributed by atoms with Crippen molar-refractivity contribution in [3.05, 3.63) is 0 Å². The first kappa shape index (κ1) is 8.52. The average molecular weight is 169 g/mol. The van der Waals surface area contributed by atoms with Crippen molar-refractivity contribution < 1.29 is 5.32 Å². The molecule has 2 aliphatic rings. The second-order valence-electron chi connectivity index (χ2n) is 4.21. The first-order valence-corrected chi connectivity index (χ1v) is 5.52. The van der Waals surface area contributed by atoms with E-state index in [9.17, 15) is 0 Å². The summed E-state index contributed by atoms with van der Waals surface area (Å²) in [6.45, 7) is 5.47. The van der Waals surface area contributed by atoms with Crippen LogP contribution in [0.2, 0.25) is 0 Å². The maximum atomic E-state index is 2.72. The predicted octanol–water partition coefficient (Wildman–Crippen LogP) is 0.198. The molecule has 0 aliphatic carbocycles.